The summed E-state index contributed by atoms with van der Waals surface area (Å²) in [5.74, 6) is 0. The van der Waals surface area contributed by atoms with Gasteiger partial charge in [-0.1, -0.05) is 40.2 Å². The molecule has 3 aromatic rings. The number of anilines is 1. The lowest BCUT2D eigenvalue weighted by Gasteiger charge is -2.19. The molecule has 0 bridgehead atoms. The topological polar surface area (TPSA) is 38.9 Å². The van der Waals surface area contributed by atoms with Gasteiger partial charge in [-0.25, -0.2) is 0 Å². The van der Waals surface area contributed by atoms with Crippen LogP contribution in [0.1, 0.15) is 24.1 Å². The number of fused-ring (bicyclic) bond motifs is 4. The van der Waals surface area contributed by atoms with Gasteiger partial charge in [0.05, 0.1) is 5.52 Å². The molecule has 1 heterocycles. The van der Waals surface area contributed by atoms with Crippen molar-refractivity contribution in [1.29, 1.82) is 0 Å². The summed E-state index contributed by atoms with van der Waals surface area (Å²) in [7, 11) is 0. The molecule has 1 aromatic heterocycles. The van der Waals surface area contributed by atoms with Crippen molar-refractivity contribution in [3.63, 3.8) is 0 Å². The van der Waals surface area contributed by atoms with Gasteiger partial charge in [0.15, 0.2) is 0 Å². The second-order valence-electron chi connectivity index (χ2n) is 5.46. The van der Waals surface area contributed by atoms with E-state index in [-0.39, 0.29) is 0 Å². The Labute approximate surface area is 126 Å². The van der Waals surface area contributed by atoms with E-state index < -0.39 is 0 Å². The summed E-state index contributed by atoms with van der Waals surface area (Å²) in [4.78, 5) is 4.94. The molecular weight excluding hydrogens is 312 g/mol. The first-order valence-corrected chi connectivity index (χ1v) is 7.83. The van der Waals surface area contributed by atoms with Crippen LogP contribution in [-0.4, -0.2) is 4.98 Å². The molecule has 1 aliphatic rings. The molecule has 2 aromatic carbocycles. The van der Waals surface area contributed by atoms with E-state index in [0.29, 0.717) is 0 Å². The van der Waals surface area contributed by atoms with E-state index in [4.69, 9.17) is 10.7 Å². The monoisotopic (exact) mass is 326 g/mol. The van der Waals surface area contributed by atoms with E-state index in [9.17, 15) is 0 Å². The Morgan fingerprint density at radius 1 is 1.00 bits per heavy atom. The van der Waals surface area contributed by atoms with Crippen LogP contribution in [0.3, 0.4) is 0 Å². The van der Waals surface area contributed by atoms with Crippen LogP contribution in [0.4, 0.5) is 5.69 Å². The number of nitrogens with zero attached hydrogens (tertiary/aromatic N) is 1. The molecule has 0 saturated heterocycles. The number of hydrogen-bond acceptors (Lipinski definition) is 2. The van der Waals surface area contributed by atoms with E-state index in [1.165, 1.54) is 34.9 Å². The zero-order valence-corrected chi connectivity index (χ0v) is 12.7. The molecule has 0 saturated carbocycles. The molecule has 20 heavy (non-hydrogen) atoms. The van der Waals surface area contributed by atoms with Crippen LogP contribution < -0.4 is 5.73 Å². The van der Waals surface area contributed by atoms with E-state index in [1.54, 1.807) is 0 Å². The minimum Gasteiger partial charge on any atom is -0.398 e. The number of aryl methyl sites for hydroxylation is 1. The zero-order chi connectivity index (χ0) is 13.7. The summed E-state index contributed by atoms with van der Waals surface area (Å²) in [5, 5.41) is 3.45. The fourth-order valence-electron chi connectivity index (χ4n) is 3.24. The largest absolute Gasteiger partial charge is 0.398 e. The number of hydrogen-bond donors (Lipinski definition) is 1. The smallest absolute Gasteiger partial charge is 0.0805 e. The molecule has 3 heteroatoms. The van der Waals surface area contributed by atoms with Crippen molar-refractivity contribution in [2.45, 2.75) is 25.7 Å². The van der Waals surface area contributed by atoms with Gasteiger partial charge >= 0.3 is 0 Å². The van der Waals surface area contributed by atoms with Crippen molar-refractivity contribution >= 4 is 43.3 Å². The number of benzene rings is 2. The second-order valence-corrected chi connectivity index (χ2v) is 6.31. The molecule has 0 fully saturated rings. The molecule has 4 rings (SSSR count). The molecule has 0 aliphatic heterocycles. The molecule has 100 valence electrons. The molecule has 0 spiro atoms. The molecule has 0 atom stereocenters. The maximum Gasteiger partial charge on any atom is 0.0805 e. The van der Waals surface area contributed by atoms with Gasteiger partial charge in [-0.2, -0.15) is 0 Å². The average Bonchev–Trinajstić information content (AvgIpc) is 2.49. The first-order chi connectivity index (χ1) is 9.75. The number of pyridine rings is 1. The van der Waals surface area contributed by atoms with Crippen LogP contribution in [0.2, 0.25) is 0 Å². The maximum atomic E-state index is 6.44. The Bertz CT molecular complexity index is 839. The fourth-order valence-corrected chi connectivity index (χ4v) is 3.82. The highest BCUT2D eigenvalue weighted by molar-refractivity contribution is 9.10. The average molecular weight is 327 g/mol. The summed E-state index contributed by atoms with van der Waals surface area (Å²) >= 11 is 3.66. The Balaban J connectivity index is 2.20. The Hall–Kier alpha value is -1.61. The van der Waals surface area contributed by atoms with Gasteiger partial charge in [-0.05, 0) is 42.7 Å². The van der Waals surface area contributed by atoms with Crippen molar-refractivity contribution < 1.29 is 0 Å². The van der Waals surface area contributed by atoms with Gasteiger partial charge < -0.3 is 5.73 Å². The Morgan fingerprint density at radius 2 is 1.75 bits per heavy atom. The molecule has 0 radical (unpaired) electrons. The summed E-state index contributed by atoms with van der Waals surface area (Å²) in [6, 6.07) is 10.5. The third kappa shape index (κ3) is 1.66. The maximum absolute atomic E-state index is 6.44. The van der Waals surface area contributed by atoms with Gasteiger partial charge in [0.1, 0.15) is 0 Å². The summed E-state index contributed by atoms with van der Waals surface area (Å²) in [6.45, 7) is 0. The SMILES string of the molecule is Nc1c2c(nc3c1cc(Br)c1ccccc13)CCCC2. The minimum absolute atomic E-state index is 0.927. The lowest BCUT2D eigenvalue weighted by molar-refractivity contribution is 0.673. The Kier molecular flexibility index (Phi) is 2.71. The van der Waals surface area contributed by atoms with Crippen LogP contribution in [0.15, 0.2) is 34.8 Å². The number of rotatable bonds is 0. The van der Waals surface area contributed by atoms with Gasteiger partial charge in [-0.15, -0.1) is 0 Å². The number of aromatic nitrogens is 1. The van der Waals surface area contributed by atoms with Gasteiger partial charge in [-0.3, -0.25) is 4.98 Å². The van der Waals surface area contributed by atoms with Crippen molar-refractivity contribution in [2.24, 2.45) is 0 Å². The molecule has 2 N–H and O–H groups in total. The molecule has 1 aliphatic carbocycles. The number of nitrogen functional groups attached to an aromatic ring is 1. The van der Waals surface area contributed by atoms with E-state index >= 15 is 0 Å². The highest BCUT2D eigenvalue weighted by Gasteiger charge is 2.18. The predicted molar refractivity (Wildman–Crippen MR) is 88.0 cm³/mol. The highest BCUT2D eigenvalue weighted by atomic mass is 79.9. The second kappa shape index (κ2) is 4.45. The summed E-state index contributed by atoms with van der Waals surface area (Å²) < 4.78 is 1.09. The van der Waals surface area contributed by atoms with Crippen molar-refractivity contribution in [2.75, 3.05) is 5.73 Å². The fraction of sp³-hybridized carbons (Fsp3) is 0.235. The normalized spacial score (nSPS) is 14.7. The molecule has 2 nitrogen and oxygen atoms in total. The lowest BCUT2D eigenvalue weighted by Crippen LogP contribution is -2.09. The van der Waals surface area contributed by atoms with Crippen LogP contribution >= 0.6 is 15.9 Å². The number of nitrogens with two attached hydrogens (primary N) is 1. The third-order valence-corrected chi connectivity index (χ3v) is 4.92. The molecule has 0 amide bonds. The molecular formula is C17H15BrN2. The minimum atomic E-state index is 0.927. The first-order valence-electron chi connectivity index (χ1n) is 7.04. The van der Waals surface area contributed by atoms with Crippen LogP contribution in [0.25, 0.3) is 21.7 Å². The standard InChI is InChI=1S/C17H15BrN2/c18-14-9-13-16(19)12-7-3-4-8-15(12)20-17(13)11-6-2-1-5-10(11)14/h1-2,5-6,9H,3-4,7-8H2,(H2,19,20). The summed E-state index contributed by atoms with van der Waals surface area (Å²) in [5.41, 5.74) is 10.9. The van der Waals surface area contributed by atoms with Crippen molar-refractivity contribution in [1.82, 2.24) is 4.98 Å². The van der Waals surface area contributed by atoms with E-state index in [1.807, 2.05) is 0 Å². The van der Waals surface area contributed by atoms with Crippen LogP contribution in [0.5, 0.6) is 0 Å². The highest BCUT2D eigenvalue weighted by Crippen LogP contribution is 2.37. The quantitative estimate of drug-likeness (QED) is 0.612. The van der Waals surface area contributed by atoms with Gasteiger partial charge in [0.2, 0.25) is 0 Å². The lowest BCUT2D eigenvalue weighted by atomic mass is 9.92. The van der Waals surface area contributed by atoms with Crippen LogP contribution in [-0.2, 0) is 12.8 Å². The Morgan fingerprint density at radius 3 is 2.60 bits per heavy atom. The molecule has 0 unspecified atom stereocenters. The van der Waals surface area contributed by atoms with Gasteiger partial charge in [0, 0.05) is 26.6 Å². The van der Waals surface area contributed by atoms with Crippen LogP contribution in [0, 0.1) is 0 Å². The van der Waals surface area contributed by atoms with Crippen molar-refractivity contribution in [3.8, 4) is 0 Å². The van der Waals surface area contributed by atoms with Crippen molar-refractivity contribution in [3.05, 3.63) is 46.1 Å². The van der Waals surface area contributed by atoms with E-state index in [2.05, 4.69) is 46.3 Å². The van der Waals surface area contributed by atoms with E-state index in [0.717, 1.165) is 33.9 Å². The third-order valence-electron chi connectivity index (χ3n) is 4.27. The zero-order valence-electron chi connectivity index (χ0n) is 11.1. The van der Waals surface area contributed by atoms with Gasteiger partial charge in [0.25, 0.3) is 0 Å². The number of halogens is 1. The summed E-state index contributed by atoms with van der Waals surface area (Å²) in [6.07, 6.45) is 4.56. The first kappa shape index (κ1) is 12.2. The predicted octanol–water partition coefficient (Wildman–Crippen LogP) is 4.61.